The van der Waals surface area contributed by atoms with Crippen molar-refractivity contribution in [1.29, 1.82) is 0 Å². The van der Waals surface area contributed by atoms with Gasteiger partial charge in [-0.15, -0.1) is 10.2 Å². The number of halogens is 2. The van der Waals surface area contributed by atoms with Gasteiger partial charge in [0.05, 0.1) is 11.3 Å². The lowest BCUT2D eigenvalue weighted by atomic mass is 10.2. The van der Waals surface area contributed by atoms with Crippen molar-refractivity contribution in [2.75, 3.05) is 0 Å². The highest BCUT2D eigenvalue weighted by Gasteiger charge is 2.17. The van der Waals surface area contributed by atoms with E-state index in [9.17, 15) is 4.39 Å². The lowest BCUT2D eigenvalue weighted by Gasteiger charge is -2.06. The molecule has 28 heavy (non-hydrogen) atoms. The number of hydrogen-bond acceptors (Lipinski definition) is 7. The van der Waals surface area contributed by atoms with E-state index in [0.717, 1.165) is 16.5 Å². The molecule has 0 aliphatic rings. The molecule has 3 aromatic heterocycles. The Morgan fingerprint density at radius 1 is 1.18 bits per heavy atom. The van der Waals surface area contributed by atoms with Crippen LogP contribution in [-0.2, 0) is 12.3 Å². The van der Waals surface area contributed by atoms with E-state index in [2.05, 4.69) is 25.3 Å². The van der Waals surface area contributed by atoms with Crippen molar-refractivity contribution < 1.29 is 8.91 Å². The monoisotopic (exact) mass is 416 g/mol. The summed E-state index contributed by atoms with van der Waals surface area (Å²) in [5.41, 5.74) is 1.11. The van der Waals surface area contributed by atoms with Crippen molar-refractivity contribution in [1.82, 2.24) is 29.9 Å². The molecule has 1 aromatic carbocycles. The van der Waals surface area contributed by atoms with Crippen LogP contribution in [0.5, 0.6) is 0 Å². The zero-order chi connectivity index (χ0) is 19.5. The predicted octanol–water partition coefficient (Wildman–Crippen LogP) is 4.49. The summed E-state index contributed by atoms with van der Waals surface area (Å²) in [6.07, 6.45) is 3.43. The summed E-state index contributed by atoms with van der Waals surface area (Å²) in [6, 6.07) is 7.95. The molecule has 0 radical (unpaired) electrons. The number of aromatic nitrogens is 6. The minimum Gasteiger partial charge on any atom is -0.334 e. The van der Waals surface area contributed by atoms with Gasteiger partial charge in [0.2, 0.25) is 0 Å². The smallest absolute Gasteiger partial charge is 0.260 e. The summed E-state index contributed by atoms with van der Waals surface area (Å²) >= 11 is 7.34. The van der Waals surface area contributed by atoms with Crippen molar-refractivity contribution in [2.45, 2.75) is 24.4 Å². The van der Waals surface area contributed by atoms with Crippen LogP contribution < -0.4 is 0 Å². The zero-order valence-electron chi connectivity index (χ0n) is 14.7. The van der Waals surface area contributed by atoms with Crippen molar-refractivity contribution >= 4 is 23.4 Å². The number of benzene rings is 1. The zero-order valence-corrected chi connectivity index (χ0v) is 16.3. The molecule has 0 amide bonds. The van der Waals surface area contributed by atoms with E-state index < -0.39 is 5.82 Å². The van der Waals surface area contributed by atoms with E-state index in [0.29, 0.717) is 23.1 Å². The molecule has 3 heterocycles. The minimum atomic E-state index is -0.472. The van der Waals surface area contributed by atoms with Crippen molar-refractivity contribution in [3.05, 3.63) is 59.4 Å². The van der Waals surface area contributed by atoms with Gasteiger partial charge >= 0.3 is 0 Å². The Kier molecular flexibility index (Phi) is 5.36. The molecule has 142 valence electrons. The number of pyridine rings is 1. The van der Waals surface area contributed by atoms with Gasteiger partial charge in [-0.2, -0.15) is 4.98 Å². The quantitative estimate of drug-likeness (QED) is 0.428. The first kappa shape index (κ1) is 18.6. The third-order valence-electron chi connectivity index (χ3n) is 3.93. The van der Waals surface area contributed by atoms with Crippen LogP contribution in [0, 0.1) is 5.82 Å². The molecule has 7 nitrogen and oxygen atoms in total. The van der Waals surface area contributed by atoms with Gasteiger partial charge in [-0.25, -0.2) is 4.39 Å². The largest absolute Gasteiger partial charge is 0.334 e. The normalized spacial score (nSPS) is 11.1. The summed E-state index contributed by atoms with van der Waals surface area (Å²) in [5.74, 6) is 1.21. The van der Waals surface area contributed by atoms with Crippen LogP contribution in [-0.4, -0.2) is 29.9 Å². The molecule has 10 heteroatoms. The second kappa shape index (κ2) is 8.07. The number of hydrogen-bond donors (Lipinski definition) is 0. The first-order chi connectivity index (χ1) is 13.7. The number of rotatable bonds is 6. The Labute approximate surface area is 169 Å². The topological polar surface area (TPSA) is 82.5 Å². The molecule has 0 aliphatic heterocycles. The van der Waals surface area contributed by atoms with Crippen molar-refractivity contribution in [2.24, 2.45) is 0 Å². The van der Waals surface area contributed by atoms with Crippen molar-refractivity contribution in [3.8, 4) is 22.8 Å². The molecular formula is C18H14ClFN6OS. The van der Waals surface area contributed by atoms with Crippen molar-refractivity contribution in [3.63, 3.8) is 0 Å². The Morgan fingerprint density at radius 2 is 2.00 bits per heavy atom. The Balaban J connectivity index is 1.52. The van der Waals surface area contributed by atoms with Crippen LogP contribution in [0.1, 0.15) is 12.7 Å². The second-order valence-corrected chi connectivity index (χ2v) is 7.09. The molecule has 0 bridgehead atoms. The van der Waals surface area contributed by atoms with Gasteiger partial charge in [-0.05, 0) is 37.3 Å². The second-order valence-electron chi connectivity index (χ2n) is 5.71. The lowest BCUT2D eigenvalue weighted by Crippen LogP contribution is -2.00. The maximum Gasteiger partial charge on any atom is 0.260 e. The fraction of sp³-hybridized carbons (Fsp3) is 0.167. The summed E-state index contributed by atoms with van der Waals surface area (Å²) < 4.78 is 21.1. The summed E-state index contributed by atoms with van der Waals surface area (Å²) in [5, 5.41) is 13.6. The maximum absolute atomic E-state index is 14.0. The SMILES string of the molecule is CCn1c(SCc2noc(-c3cc(Cl)ccc3F)n2)nnc1-c1ccncc1. The lowest BCUT2D eigenvalue weighted by molar-refractivity contribution is 0.422. The fourth-order valence-corrected chi connectivity index (χ4v) is 3.63. The van der Waals surface area contributed by atoms with E-state index >= 15 is 0 Å². The van der Waals surface area contributed by atoms with Crippen LogP contribution in [0.15, 0.2) is 52.4 Å². The molecule has 0 fully saturated rings. The first-order valence-corrected chi connectivity index (χ1v) is 9.76. The molecular weight excluding hydrogens is 403 g/mol. The number of nitrogens with zero attached hydrogens (tertiary/aromatic N) is 6. The average Bonchev–Trinajstić information content (AvgIpc) is 3.35. The summed E-state index contributed by atoms with van der Waals surface area (Å²) in [7, 11) is 0. The van der Waals surface area contributed by atoms with E-state index in [1.807, 2.05) is 23.6 Å². The van der Waals surface area contributed by atoms with Crippen LogP contribution >= 0.6 is 23.4 Å². The van der Waals surface area contributed by atoms with E-state index in [1.54, 1.807) is 12.4 Å². The van der Waals surface area contributed by atoms with Crippen LogP contribution in [0.2, 0.25) is 5.02 Å². The van der Waals surface area contributed by atoms with E-state index in [-0.39, 0.29) is 11.5 Å². The van der Waals surface area contributed by atoms with Crippen LogP contribution in [0.3, 0.4) is 0 Å². The van der Waals surface area contributed by atoms with Gasteiger partial charge in [0.1, 0.15) is 5.82 Å². The third-order valence-corrected chi connectivity index (χ3v) is 5.13. The van der Waals surface area contributed by atoms with Gasteiger partial charge in [0, 0.05) is 29.5 Å². The molecule has 0 saturated carbocycles. The molecule has 4 aromatic rings. The van der Waals surface area contributed by atoms with Crippen LogP contribution in [0.25, 0.3) is 22.8 Å². The predicted molar refractivity (Wildman–Crippen MR) is 103 cm³/mol. The van der Waals surface area contributed by atoms with Gasteiger partial charge in [-0.3, -0.25) is 4.98 Å². The highest BCUT2D eigenvalue weighted by Crippen LogP contribution is 2.28. The molecule has 0 unspecified atom stereocenters. The highest BCUT2D eigenvalue weighted by molar-refractivity contribution is 7.98. The van der Waals surface area contributed by atoms with Gasteiger partial charge in [-0.1, -0.05) is 28.5 Å². The molecule has 0 saturated heterocycles. The van der Waals surface area contributed by atoms with Gasteiger partial charge in [0.25, 0.3) is 5.89 Å². The Hall–Kier alpha value is -2.78. The summed E-state index contributed by atoms with van der Waals surface area (Å²) in [6.45, 7) is 2.73. The maximum atomic E-state index is 14.0. The van der Waals surface area contributed by atoms with E-state index in [1.165, 1.54) is 30.0 Å². The van der Waals surface area contributed by atoms with E-state index in [4.69, 9.17) is 16.1 Å². The van der Waals surface area contributed by atoms with Crippen LogP contribution in [0.4, 0.5) is 4.39 Å². The molecule has 4 rings (SSSR count). The average molecular weight is 417 g/mol. The highest BCUT2D eigenvalue weighted by atomic mass is 35.5. The molecule has 0 N–H and O–H groups in total. The molecule has 0 atom stereocenters. The first-order valence-electron chi connectivity index (χ1n) is 8.40. The summed E-state index contributed by atoms with van der Waals surface area (Å²) in [4.78, 5) is 8.28. The molecule has 0 aliphatic carbocycles. The number of thioether (sulfide) groups is 1. The van der Waals surface area contributed by atoms with Gasteiger partial charge < -0.3 is 9.09 Å². The Bertz CT molecular complexity index is 1100. The Morgan fingerprint density at radius 3 is 2.79 bits per heavy atom. The molecule has 0 spiro atoms. The third kappa shape index (κ3) is 3.76. The van der Waals surface area contributed by atoms with Gasteiger partial charge in [0.15, 0.2) is 16.8 Å². The standard InChI is InChI=1S/C18H14ClFN6OS/c1-2-26-16(11-5-7-21-8-6-11)23-24-18(26)28-10-15-22-17(27-25-15)13-9-12(19)3-4-14(13)20/h3-9H,2,10H2,1H3. The minimum absolute atomic E-state index is 0.0880. The fourth-order valence-electron chi connectivity index (χ4n) is 2.61.